The molecule has 0 N–H and O–H groups in total. The highest BCUT2D eigenvalue weighted by atomic mass is 16.5. The number of aryl methyl sites for hydroxylation is 1. The van der Waals surface area contributed by atoms with Crippen LogP contribution < -0.4 is 4.74 Å². The lowest BCUT2D eigenvalue weighted by atomic mass is 10.1. The Labute approximate surface area is 129 Å². The molecule has 0 spiro atoms. The van der Waals surface area contributed by atoms with Crippen LogP contribution in [0.25, 0.3) is 22.8 Å². The molecule has 0 unspecified atom stereocenters. The van der Waals surface area contributed by atoms with Gasteiger partial charge in [-0.05, 0) is 31.5 Å². The molecule has 4 nitrogen and oxygen atoms in total. The van der Waals surface area contributed by atoms with Crippen LogP contribution in [0.1, 0.15) is 18.9 Å². The third-order valence-electron chi connectivity index (χ3n) is 3.29. The van der Waals surface area contributed by atoms with Gasteiger partial charge >= 0.3 is 0 Å². The first-order valence-electron chi connectivity index (χ1n) is 7.40. The highest BCUT2D eigenvalue weighted by Gasteiger charge is 2.11. The van der Waals surface area contributed by atoms with E-state index in [4.69, 9.17) is 9.26 Å². The summed E-state index contributed by atoms with van der Waals surface area (Å²) in [6, 6.07) is 15.8. The molecule has 3 rings (SSSR count). The SMILES string of the molecule is CCCOc1cccc(-c2nc(-c3ccc(C)cc3)no2)c1. The molecular weight excluding hydrogens is 276 g/mol. The Balaban J connectivity index is 1.85. The van der Waals surface area contributed by atoms with Crippen molar-refractivity contribution >= 4 is 0 Å². The first kappa shape index (κ1) is 14.3. The van der Waals surface area contributed by atoms with Crippen LogP contribution in [-0.2, 0) is 0 Å². The molecule has 1 aromatic heterocycles. The first-order valence-corrected chi connectivity index (χ1v) is 7.40. The second-order valence-electron chi connectivity index (χ2n) is 5.17. The van der Waals surface area contributed by atoms with Crippen molar-refractivity contribution in [2.75, 3.05) is 6.61 Å². The molecule has 0 aliphatic carbocycles. The third-order valence-corrected chi connectivity index (χ3v) is 3.29. The van der Waals surface area contributed by atoms with E-state index in [0.29, 0.717) is 18.3 Å². The minimum Gasteiger partial charge on any atom is -0.494 e. The molecular formula is C18H18N2O2. The third kappa shape index (κ3) is 3.17. The predicted molar refractivity (Wildman–Crippen MR) is 85.7 cm³/mol. The van der Waals surface area contributed by atoms with E-state index in [1.165, 1.54) is 5.56 Å². The topological polar surface area (TPSA) is 48.2 Å². The van der Waals surface area contributed by atoms with Crippen LogP contribution in [0, 0.1) is 6.92 Å². The summed E-state index contributed by atoms with van der Waals surface area (Å²) in [5, 5.41) is 4.06. The average molecular weight is 294 g/mol. The highest BCUT2D eigenvalue weighted by molar-refractivity contribution is 5.61. The molecule has 1 heterocycles. The molecule has 0 fully saturated rings. The molecule has 2 aromatic carbocycles. The summed E-state index contributed by atoms with van der Waals surface area (Å²) >= 11 is 0. The number of rotatable bonds is 5. The molecule has 3 aromatic rings. The van der Waals surface area contributed by atoms with Crippen LogP contribution in [0.3, 0.4) is 0 Å². The number of nitrogens with zero attached hydrogens (tertiary/aromatic N) is 2. The van der Waals surface area contributed by atoms with Crippen LogP contribution in [0.15, 0.2) is 53.1 Å². The first-order chi connectivity index (χ1) is 10.8. The maximum absolute atomic E-state index is 5.63. The maximum atomic E-state index is 5.63. The Morgan fingerprint density at radius 3 is 2.64 bits per heavy atom. The van der Waals surface area contributed by atoms with Crippen molar-refractivity contribution in [3.05, 3.63) is 54.1 Å². The number of benzene rings is 2. The minimum atomic E-state index is 0.498. The van der Waals surface area contributed by atoms with Crippen molar-refractivity contribution in [3.8, 4) is 28.6 Å². The molecule has 0 aliphatic heterocycles. The highest BCUT2D eigenvalue weighted by Crippen LogP contribution is 2.25. The zero-order chi connectivity index (χ0) is 15.4. The number of ether oxygens (including phenoxy) is 1. The van der Waals surface area contributed by atoms with E-state index in [-0.39, 0.29) is 0 Å². The van der Waals surface area contributed by atoms with Gasteiger partial charge in [0.1, 0.15) is 5.75 Å². The van der Waals surface area contributed by atoms with E-state index < -0.39 is 0 Å². The van der Waals surface area contributed by atoms with Gasteiger partial charge in [0.25, 0.3) is 5.89 Å². The van der Waals surface area contributed by atoms with E-state index >= 15 is 0 Å². The zero-order valence-electron chi connectivity index (χ0n) is 12.7. The summed E-state index contributed by atoms with van der Waals surface area (Å²) in [6.07, 6.45) is 0.975. The fourth-order valence-electron chi connectivity index (χ4n) is 2.10. The number of hydrogen-bond donors (Lipinski definition) is 0. The van der Waals surface area contributed by atoms with Gasteiger partial charge in [0.2, 0.25) is 5.82 Å². The molecule has 0 saturated carbocycles. The van der Waals surface area contributed by atoms with E-state index in [1.807, 2.05) is 55.5 Å². The summed E-state index contributed by atoms with van der Waals surface area (Å²) in [6.45, 7) is 4.82. The van der Waals surface area contributed by atoms with Crippen molar-refractivity contribution < 1.29 is 9.26 Å². The molecule has 0 bridgehead atoms. The maximum Gasteiger partial charge on any atom is 0.258 e. The lowest BCUT2D eigenvalue weighted by Crippen LogP contribution is -1.94. The van der Waals surface area contributed by atoms with E-state index in [9.17, 15) is 0 Å². The standard InChI is InChI=1S/C18H18N2O2/c1-3-11-21-16-6-4-5-15(12-16)18-19-17(20-22-18)14-9-7-13(2)8-10-14/h4-10,12H,3,11H2,1-2H3. The van der Waals surface area contributed by atoms with Crippen molar-refractivity contribution in [1.29, 1.82) is 0 Å². The Kier molecular flexibility index (Phi) is 4.19. The van der Waals surface area contributed by atoms with E-state index in [0.717, 1.165) is 23.3 Å². The summed E-state index contributed by atoms with van der Waals surface area (Å²) in [4.78, 5) is 4.47. The van der Waals surface area contributed by atoms with E-state index in [2.05, 4.69) is 17.1 Å². The quantitative estimate of drug-likeness (QED) is 0.695. The fourth-order valence-corrected chi connectivity index (χ4v) is 2.10. The van der Waals surface area contributed by atoms with Gasteiger partial charge < -0.3 is 9.26 Å². The smallest absolute Gasteiger partial charge is 0.258 e. The van der Waals surface area contributed by atoms with Gasteiger partial charge in [-0.1, -0.05) is 48.0 Å². The molecule has 112 valence electrons. The average Bonchev–Trinajstić information content (AvgIpc) is 3.04. The Morgan fingerprint density at radius 2 is 1.86 bits per heavy atom. The summed E-state index contributed by atoms with van der Waals surface area (Å²) in [5.74, 6) is 1.90. The van der Waals surface area contributed by atoms with Crippen molar-refractivity contribution in [1.82, 2.24) is 10.1 Å². The number of aromatic nitrogens is 2. The van der Waals surface area contributed by atoms with Gasteiger partial charge in [0, 0.05) is 11.1 Å². The Morgan fingerprint density at radius 1 is 1.05 bits per heavy atom. The molecule has 0 amide bonds. The van der Waals surface area contributed by atoms with Crippen LogP contribution >= 0.6 is 0 Å². The van der Waals surface area contributed by atoms with Gasteiger partial charge in [-0.2, -0.15) is 4.98 Å². The van der Waals surface area contributed by atoms with Crippen molar-refractivity contribution in [2.45, 2.75) is 20.3 Å². The Hall–Kier alpha value is -2.62. The summed E-state index contributed by atoms with van der Waals surface area (Å²) < 4.78 is 11.0. The van der Waals surface area contributed by atoms with Crippen molar-refractivity contribution in [2.24, 2.45) is 0 Å². The normalized spacial score (nSPS) is 10.6. The number of hydrogen-bond acceptors (Lipinski definition) is 4. The molecule has 0 atom stereocenters. The molecule has 4 heteroatoms. The lowest BCUT2D eigenvalue weighted by Gasteiger charge is -2.04. The molecule has 0 radical (unpaired) electrons. The van der Waals surface area contributed by atoms with Crippen molar-refractivity contribution in [3.63, 3.8) is 0 Å². The zero-order valence-corrected chi connectivity index (χ0v) is 12.7. The van der Waals surface area contributed by atoms with Gasteiger partial charge in [-0.25, -0.2) is 0 Å². The Bertz CT molecular complexity index is 748. The fraction of sp³-hybridized carbons (Fsp3) is 0.222. The van der Waals surface area contributed by atoms with Gasteiger partial charge in [-0.15, -0.1) is 0 Å². The molecule has 0 aliphatic rings. The summed E-state index contributed by atoms with van der Waals surface area (Å²) in [5.41, 5.74) is 3.01. The second-order valence-corrected chi connectivity index (χ2v) is 5.17. The van der Waals surface area contributed by atoms with E-state index in [1.54, 1.807) is 0 Å². The minimum absolute atomic E-state index is 0.498. The van der Waals surface area contributed by atoms with Crippen LogP contribution in [0.2, 0.25) is 0 Å². The second kappa shape index (κ2) is 6.43. The molecule has 22 heavy (non-hydrogen) atoms. The monoisotopic (exact) mass is 294 g/mol. The summed E-state index contributed by atoms with van der Waals surface area (Å²) in [7, 11) is 0. The van der Waals surface area contributed by atoms with Crippen LogP contribution in [-0.4, -0.2) is 16.7 Å². The molecule has 0 saturated heterocycles. The van der Waals surface area contributed by atoms with Gasteiger partial charge in [-0.3, -0.25) is 0 Å². The predicted octanol–water partition coefficient (Wildman–Crippen LogP) is 4.50. The van der Waals surface area contributed by atoms with Gasteiger partial charge in [0.15, 0.2) is 0 Å². The van der Waals surface area contributed by atoms with Crippen LogP contribution in [0.5, 0.6) is 5.75 Å². The van der Waals surface area contributed by atoms with Gasteiger partial charge in [0.05, 0.1) is 6.61 Å². The largest absolute Gasteiger partial charge is 0.494 e. The lowest BCUT2D eigenvalue weighted by molar-refractivity contribution is 0.317. The van der Waals surface area contributed by atoms with Crippen LogP contribution in [0.4, 0.5) is 0 Å².